The molecule has 1 N–H and O–H groups in total. The van der Waals surface area contributed by atoms with E-state index in [2.05, 4.69) is 26.0 Å². The van der Waals surface area contributed by atoms with Gasteiger partial charge in [-0.2, -0.15) is 0 Å². The van der Waals surface area contributed by atoms with Crippen LogP contribution in [0.4, 0.5) is 5.69 Å². The Hall–Kier alpha value is -1.36. The van der Waals surface area contributed by atoms with Crippen LogP contribution < -0.4 is 5.32 Å². The monoisotopic (exact) mass is 271 g/mol. The summed E-state index contributed by atoms with van der Waals surface area (Å²) in [5.74, 6) is -0.428. The van der Waals surface area contributed by atoms with Crippen molar-refractivity contribution in [1.82, 2.24) is 0 Å². The molecule has 4 nitrogen and oxygen atoms in total. The standard InChI is InChI=1S/C10H10BrNO3/c1-6-8(10(14)15-2)3-7(11)4-9(6)12-5-13/h3-5H,1-2H3,(H,12,13). The molecular formula is C10H10BrNO3. The minimum absolute atomic E-state index is 0.427. The van der Waals surface area contributed by atoms with E-state index in [4.69, 9.17) is 0 Å². The van der Waals surface area contributed by atoms with Crippen molar-refractivity contribution in [3.63, 3.8) is 0 Å². The molecule has 0 aliphatic heterocycles. The van der Waals surface area contributed by atoms with Gasteiger partial charge in [-0.05, 0) is 24.6 Å². The minimum atomic E-state index is -0.428. The van der Waals surface area contributed by atoms with E-state index in [9.17, 15) is 9.59 Å². The largest absolute Gasteiger partial charge is 0.465 e. The molecule has 1 aromatic rings. The second-order valence-electron chi connectivity index (χ2n) is 2.88. The quantitative estimate of drug-likeness (QED) is 0.677. The number of benzene rings is 1. The number of hydrogen-bond donors (Lipinski definition) is 1. The van der Waals surface area contributed by atoms with Crippen molar-refractivity contribution in [2.24, 2.45) is 0 Å². The molecule has 0 aliphatic carbocycles. The molecule has 0 atom stereocenters. The topological polar surface area (TPSA) is 55.4 Å². The van der Waals surface area contributed by atoms with E-state index in [1.807, 2.05) is 0 Å². The molecule has 0 saturated heterocycles. The highest BCUT2D eigenvalue weighted by molar-refractivity contribution is 9.10. The van der Waals surface area contributed by atoms with Crippen LogP contribution in [0.5, 0.6) is 0 Å². The molecule has 0 aliphatic rings. The van der Waals surface area contributed by atoms with E-state index >= 15 is 0 Å². The van der Waals surface area contributed by atoms with E-state index in [-0.39, 0.29) is 0 Å². The Morgan fingerprint density at radius 2 is 2.20 bits per heavy atom. The number of nitrogens with one attached hydrogen (secondary N) is 1. The van der Waals surface area contributed by atoms with Gasteiger partial charge in [0.25, 0.3) is 0 Å². The normalized spacial score (nSPS) is 9.53. The number of methoxy groups -OCH3 is 1. The first-order valence-corrected chi connectivity index (χ1v) is 4.98. The Bertz CT molecular complexity index is 404. The second kappa shape index (κ2) is 4.93. The van der Waals surface area contributed by atoms with Crippen LogP contribution in [0.1, 0.15) is 15.9 Å². The van der Waals surface area contributed by atoms with E-state index in [1.165, 1.54) is 7.11 Å². The fourth-order valence-electron chi connectivity index (χ4n) is 1.21. The summed E-state index contributed by atoms with van der Waals surface area (Å²) in [6.45, 7) is 1.74. The Kier molecular flexibility index (Phi) is 3.85. The second-order valence-corrected chi connectivity index (χ2v) is 3.80. The number of carbonyl (C=O) groups is 2. The number of esters is 1. The van der Waals surface area contributed by atoms with Gasteiger partial charge in [-0.25, -0.2) is 4.79 Å². The van der Waals surface area contributed by atoms with E-state index in [0.29, 0.717) is 27.7 Å². The van der Waals surface area contributed by atoms with Gasteiger partial charge < -0.3 is 10.1 Å². The van der Waals surface area contributed by atoms with Crippen molar-refractivity contribution in [2.45, 2.75) is 6.92 Å². The molecule has 15 heavy (non-hydrogen) atoms. The highest BCUT2D eigenvalue weighted by Crippen LogP contribution is 2.25. The van der Waals surface area contributed by atoms with Gasteiger partial charge in [0, 0.05) is 10.2 Å². The van der Waals surface area contributed by atoms with Crippen LogP contribution in [0.15, 0.2) is 16.6 Å². The summed E-state index contributed by atoms with van der Waals surface area (Å²) in [7, 11) is 1.31. The van der Waals surface area contributed by atoms with E-state index in [1.54, 1.807) is 19.1 Å². The summed E-state index contributed by atoms with van der Waals surface area (Å²) in [5, 5.41) is 2.52. The highest BCUT2D eigenvalue weighted by atomic mass is 79.9. The first-order valence-electron chi connectivity index (χ1n) is 4.18. The lowest BCUT2D eigenvalue weighted by atomic mass is 10.1. The van der Waals surface area contributed by atoms with Gasteiger partial charge >= 0.3 is 5.97 Å². The Balaban J connectivity index is 3.27. The van der Waals surface area contributed by atoms with Crippen molar-refractivity contribution >= 4 is 34.0 Å². The summed E-state index contributed by atoms with van der Waals surface area (Å²) in [4.78, 5) is 21.7. The van der Waals surface area contributed by atoms with Crippen LogP contribution in [0.25, 0.3) is 0 Å². The van der Waals surface area contributed by atoms with E-state index < -0.39 is 5.97 Å². The molecular weight excluding hydrogens is 262 g/mol. The van der Waals surface area contributed by atoms with Gasteiger partial charge in [0.2, 0.25) is 6.41 Å². The summed E-state index contributed by atoms with van der Waals surface area (Å²) < 4.78 is 5.34. The third kappa shape index (κ3) is 2.56. The molecule has 5 heteroatoms. The Labute approximate surface area is 95.7 Å². The predicted octanol–water partition coefficient (Wildman–Crippen LogP) is 2.11. The maximum absolute atomic E-state index is 11.4. The molecule has 0 heterocycles. The lowest BCUT2D eigenvalue weighted by Crippen LogP contribution is -2.07. The molecule has 1 aromatic carbocycles. The molecule has 0 saturated carbocycles. The van der Waals surface area contributed by atoms with Gasteiger partial charge in [-0.1, -0.05) is 15.9 Å². The molecule has 0 bridgehead atoms. The number of halogens is 1. The maximum Gasteiger partial charge on any atom is 0.338 e. The zero-order valence-corrected chi connectivity index (χ0v) is 9.92. The third-order valence-electron chi connectivity index (χ3n) is 1.99. The molecule has 0 fully saturated rings. The first-order chi connectivity index (χ1) is 7.10. The number of amides is 1. The van der Waals surface area contributed by atoms with Crippen molar-refractivity contribution in [1.29, 1.82) is 0 Å². The van der Waals surface area contributed by atoms with Gasteiger partial charge in [-0.15, -0.1) is 0 Å². The van der Waals surface area contributed by atoms with E-state index in [0.717, 1.165) is 0 Å². The number of anilines is 1. The lowest BCUT2D eigenvalue weighted by Gasteiger charge is -2.09. The van der Waals surface area contributed by atoms with Crippen molar-refractivity contribution in [2.75, 3.05) is 12.4 Å². The van der Waals surface area contributed by atoms with Crippen molar-refractivity contribution in [3.05, 3.63) is 27.7 Å². The van der Waals surface area contributed by atoms with Crippen LogP contribution in [0.3, 0.4) is 0 Å². The maximum atomic E-state index is 11.4. The number of hydrogen-bond acceptors (Lipinski definition) is 3. The highest BCUT2D eigenvalue weighted by Gasteiger charge is 2.13. The van der Waals surface area contributed by atoms with Gasteiger partial charge in [0.1, 0.15) is 0 Å². The average Bonchev–Trinajstić information content (AvgIpc) is 2.22. The molecule has 0 aromatic heterocycles. The van der Waals surface area contributed by atoms with Crippen LogP contribution in [-0.4, -0.2) is 19.5 Å². The zero-order chi connectivity index (χ0) is 11.4. The van der Waals surface area contributed by atoms with Gasteiger partial charge in [-0.3, -0.25) is 4.79 Å². The third-order valence-corrected chi connectivity index (χ3v) is 2.45. The van der Waals surface area contributed by atoms with Gasteiger partial charge in [0.15, 0.2) is 0 Å². The number of rotatable bonds is 3. The Morgan fingerprint density at radius 3 is 2.73 bits per heavy atom. The molecule has 0 spiro atoms. The Morgan fingerprint density at radius 1 is 1.53 bits per heavy atom. The minimum Gasteiger partial charge on any atom is -0.465 e. The van der Waals surface area contributed by atoms with Crippen LogP contribution in [0.2, 0.25) is 0 Å². The fraction of sp³-hybridized carbons (Fsp3) is 0.200. The SMILES string of the molecule is COC(=O)c1cc(Br)cc(NC=O)c1C. The smallest absolute Gasteiger partial charge is 0.338 e. The van der Waals surface area contributed by atoms with Crippen LogP contribution in [-0.2, 0) is 9.53 Å². The van der Waals surface area contributed by atoms with Crippen LogP contribution in [0, 0.1) is 6.92 Å². The van der Waals surface area contributed by atoms with Crippen LogP contribution >= 0.6 is 15.9 Å². The molecule has 1 rings (SSSR count). The summed E-state index contributed by atoms with van der Waals surface area (Å²) in [6.07, 6.45) is 0.565. The predicted molar refractivity (Wildman–Crippen MR) is 59.9 cm³/mol. The average molecular weight is 272 g/mol. The summed E-state index contributed by atoms with van der Waals surface area (Å²) in [5.41, 5.74) is 1.69. The summed E-state index contributed by atoms with van der Waals surface area (Å²) >= 11 is 3.25. The molecule has 0 radical (unpaired) electrons. The zero-order valence-electron chi connectivity index (χ0n) is 8.33. The van der Waals surface area contributed by atoms with Crippen molar-refractivity contribution < 1.29 is 14.3 Å². The lowest BCUT2D eigenvalue weighted by molar-refractivity contribution is -0.105. The number of carbonyl (C=O) groups excluding carboxylic acids is 2. The number of ether oxygens (including phenoxy) is 1. The molecule has 80 valence electrons. The first kappa shape index (κ1) is 11.7. The van der Waals surface area contributed by atoms with Crippen molar-refractivity contribution in [3.8, 4) is 0 Å². The molecule has 1 amide bonds. The molecule has 0 unspecified atom stereocenters. The fourth-order valence-corrected chi connectivity index (χ4v) is 1.67. The summed E-state index contributed by atoms with van der Waals surface area (Å²) in [6, 6.07) is 3.37. The van der Waals surface area contributed by atoms with Gasteiger partial charge in [0.05, 0.1) is 12.7 Å².